The van der Waals surface area contributed by atoms with Crippen molar-refractivity contribution in [2.24, 2.45) is 5.92 Å². The van der Waals surface area contributed by atoms with Gasteiger partial charge in [0.1, 0.15) is 0 Å². The van der Waals surface area contributed by atoms with Gasteiger partial charge in [-0.2, -0.15) is 5.10 Å². The van der Waals surface area contributed by atoms with Crippen molar-refractivity contribution in [1.29, 1.82) is 0 Å². The Hall–Kier alpha value is -1.95. The lowest BCUT2D eigenvalue weighted by Gasteiger charge is -2.32. The summed E-state index contributed by atoms with van der Waals surface area (Å²) in [7, 11) is 0. The van der Waals surface area contributed by atoms with Crippen molar-refractivity contribution in [3.05, 3.63) is 29.2 Å². The van der Waals surface area contributed by atoms with Gasteiger partial charge < -0.3 is 5.32 Å². The predicted molar refractivity (Wildman–Crippen MR) is 93.8 cm³/mol. The number of aromatic nitrogens is 3. The Morgan fingerprint density at radius 3 is 3.04 bits per heavy atom. The van der Waals surface area contributed by atoms with Crippen molar-refractivity contribution in [2.75, 3.05) is 19.6 Å². The molecule has 3 rings (SSSR count). The smallest absolute Gasteiger partial charge is 0.216 e. The van der Waals surface area contributed by atoms with Gasteiger partial charge in [0, 0.05) is 43.5 Å². The highest BCUT2D eigenvalue weighted by Crippen LogP contribution is 2.22. The predicted octanol–water partition coefficient (Wildman–Crippen LogP) is 2.08. The Labute approximate surface area is 143 Å². The molecule has 0 aliphatic carbocycles. The van der Waals surface area contributed by atoms with Gasteiger partial charge in [0.05, 0.1) is 6.20 Å². The third-order valence-electron chi connectivity index (χ3n) is 4.77. The van der Waals surface area contributed by atoms with Gasteiger partial charge in [-0.05, 0) is 51.6 Å². The van der Waals surface area contributed by atoms with Crippen molar-refractivity contribution in [3.8, 4) is 0 Å². The first-order valence-electron chi connectivity index (χ1n) is 8.80. The van der Waals surface area contributed by atoms with Crippen molar-refractivity contribution in [1.82, 2.24) is 24.8 Å². The first kappa shape index (κ1) is 16.9. The number of hydrogen-bond donors (Lipinski definition) is 1. The van der Waals surface area contributed by atoms with Crippen LogP contribution in [0.25, 0.3) is 5.65 Å². The minimum Gasteiger partial charge on any atom is -0.356 e. The molecule has 0 radical (unpaired) electrons. The average molecular weight is 329 g/mol. The van der Waals surface area contributed by atoms with E-state index in [0.717, 1.165) is 49.6 Å². The summed E-state index contributed by atoms with van der Waals surface area (Å²) in [4.78, 5) is 18.2. The van der Waals surface area contributed by atoms with Gasteiger partial charge in [0.2, 0.25) is 5.91 Å². The van der Waals surface area contributed by atoms with Crippen LogP contribution in [0.15, 0.2) is 12.3 Å². The molecule has 0 saturated carbocycles. The molecular formula is C18H27N5O. The number of piperidine rings is 1. The molecule has 1 fully saturated rings. The van der Waals surface area contributed by atoms with Crippen LogP contribution in [0.1, 0.15) is 43.1 Å². The number of aryl methyl sites for hydroxylation is 2. The quantitative estimate of drug-likeness (QED) is 0.912. The van der Waals surface area contributed by atoms with Crippen molar-refractivity contribution in [2.45, 2.75) is 46.6 Å². The maximum atomic E-state index is 11.0. The lowest BCUT2D eigenvalue weighted by atomic mass is 9.94. The van der Waals surface area contributed by atoms with Crippen LogP contribution in [0, 0.1) is 19.8 Å². The summed E-state index contributed by atoms with van der Waals surface area (Å²) >= 11 is 0. The molecule has 6 nitrogen and oxygen atoms in total. The molecular weight excluding hydrogens is 302 g/mol. The summed E-state index contributed by atoms with van der Waals surface area (Å²) < 4.78 is 1.93. The molecule has 0 spiro atoms. The minimum absolute atomic E-state index is 0.0610. The summed E-state index contributed by atoms with van der Waals surface area (Å²) in [6, 6.07) is 2.06. The van der Waals surface area contributed by atoms with Gasteiger partial charge in [0.15, 0.2) is 5.65 Å². The molecule has 3 heterocycles. The average Bonchev–Trinajstić information content (AvgIpc) is 2.90. The van der Waals surface area contributed by atoms with Gasteiger partial charge in [-0.15, -0.1) is 0 Å². The van der Waals surface area contributed by atoms with Gasteiger partial charge >= 0.3 is 0 Å². The van der Waals surface area contributed by atoms with E-state index in [0.29, 0.717) is 5.92 Å². The van der Waals surface area contributed by atoms with Crippen LogP contribution >= 0.6 is 0 Å². The van der Waals surface area contributed by atoms with E-state index >= 15 is 0 Å². The van der Waals surface area contributed by atoms with Crippen LogP contribution in [0.2, 0.25) is 0 Å². The molecule has 1 saturated heterocycles. The van der Waals surface area contributed by atoms with E-state index in [9.17, 15) is 4.79 Å². The normalized spacial score (nSPS) is 18.9. The first-order valence-corrected chi connectivity index (χ1v) is 8.80. The number of nitrogens with one attached hydrogen (secondary N) is 1. The highest BCUT2D eigenvalue weighted by molar-refractivity contribution is 5.72. The molecule has 1 N–H and O–H groups in total. The Kier molecular flexibility index (Phi) is 5.14. The second-order valence-electron chi connectivity index (χ2n) is 6.96. The van der Waals surface area contributed by atoms with E-state index in [2.05, 4.69) is 33.3 Å². The zero-order valence-electron chi connectivity index (χ0n) is 14.9. The van der Waals surface area contributed by atoms with Crippen molar-refractivity contribution >= 4 is 11.6 Å². The summed E-state index contributed by atoms with van der Waals surface area (Å²) in [5.41, 5.74) is 4.33. The van der Waals surface area contributed by atoms with Crippen LogP contribution in [0.5, 0.6) is 0 Å². The number of amides is 1. The Morgan fingerprint density at radius 2 is 2.25 bits per heavy atom. The molecule has 24 heavy (non-hydrogen) atoms. The molecule has 0 aromatic carbocycles. The highest BCUT2D eigenvalue weighted by Gasteiger charge is 2.21. The number of likely N-dealkylation sites (tertiary alicyclic amines) is 1. The third-order valence-corrected chi connectivity index (χ3v) is 4.77. The number of hydrogen-bond acceptors (Lipinski definition) is 4. The fourth-order valence-electron chi connectivity index (χ4n) is 3.65. The molecule has 1 aliphatic heterocycles. The molecule has 0 unspecified atom stereocenters. The minimum atomic E-state index is 0.0610. The zero-order valence-corrected chi connectivity index (χ0v) is 14.9. The SMILES string of the molecule is CC(=O)NCC[C@H]1CCCN(Cc2cnn3c(C)cc(C)nc23)C1. The van der Waals surface area contributed by atoms with E-state index in [1.54, 1.807) is 6.92 Å². The lowest BCUT2D eigenvalue weighted by Crippen LogP contribution is -2.36. The van der Waals surface area contributed by atoms with Crippen LogP contribution in [-0.4, -0.2) is 45.0 Å². The number of nitrogens with zero attached hydrogens (tertiary/aromatic N) is 4. The molecule has 6 heteroatoms. The van der Waals surface area contributed by atoms with Gasteiger partial charge in [-0.1, -0.05) is 0 Å². The van der Waals surface area contributed by atoms with E-state index in [4.69, 9.17) is 0 Å². The largest absolute Gasteiger partial charge is 0.356 e. The van der Waals surface area contributed by atoms with E-state index in [1.807, 2.05) is 17.6 Å². The van der Waals surface area contributed by atoms with Crippen molar-refractivity contribution < 1.29 is 4.79 Å². The summed E-state index contributed by atoms with van der Waals surface area (Å²) in [6.45, 7) is 9.57. The summed E-state index contributed by atoms with van der Waals surface area (Å²) in [5, 5.41) is 7.40. The van der Waals surface area contributed by atoms with Crippen molar-refractivity contribution in [3.63, 3.8) is 0 Å². The van der Waals surface area contributed by atoms with E-state index < -0.39 is 0 Å². The Morgan fingerprint density at radius 1 is 1.42 bits per heavy atom. The first-order chi connectivity index (χ1) is 11.5. The fraction of sp³-hybridized carbons (Fsp3) is 0.611. The second-order valence-corrected chi connectivity index (χ2v) is 6.96. The molecule has 130 valence electrons. The molecule has 1 amide bonds. The second kappa shape index (κ2) is 7.30. The summed E-state index contributed by atoms with van der Waals surface area (Å²) in [5.74, 6) is 0.717. The zero-order chi connectivity index (χ0) is 17.1. The molecule has 0 bridgehead atoms. The highest BCUT2D eigenvalue weighted by atomic mass is 16.1. The molecule has 1 atom stereocenters. The fourth-order valence-corrected chi connectivity index (χ4v) is 3.65. The molecule has 2 aromatic heterocycles. The maximum Gasteiger partial charge on any atom is 0.216 e. The van der Waals surface area contributed by atoms with Gasteiger partial charge in [0.25, 0.3) is 0 Å². The molecule has 1 aliphatic rings. The van der Waals surface area contributed by atoms with E-state index in [-0.39, 0.29) is 5.91 Å². The van der Waals surface area contributed by atoms with Crippen LogP contribution < -0.4 is 5.32 Å². The third kappa shape index (κ3) is 3.93. The number of fused-ring (bicyclic) bond motifs is 1. The Bertz CT molecular complexity index is 724. The monoisotopic (exact) mass is 329 g/mol. The van der Waals surface area contributed by atoms with Crippen LogP contribution in [0.4, 0.5) is 0 Å². The Balaban J connectivity index is 1.64. The lowest BCUT2D eigenvalue weighted by molar-refractivity contribution is -0.119. The van der Waals surface area contributed by atoms with Gasteiger partial charge in [-0.3, -0.25) is 9.69 Å². The molecule has 2 aromatic rings. The van der Waals surface area contributed by atoms with Gasteiger partial charge in [-0.25, -0.2) is 9.50 Å². The summed E-state index contributed by atoms with van der Waals surface area (Å²) in [6.07, 6.45) is 5.48. The standard InChI is InChI=1S/C18H27N5O/c1-13-9-14(2)23-18(21-13)17(10-20-23)12-22-8-4-5-16(11-22)6-7-19-15(3)24/h9-10,16H,4-8,11-12H2,1-3H3,(H,19,24)/t16-/m1/s1. The van der Waals surface area contributed by atoms with E-state index in [1.165, 1.54) is 18.4 Å². The maximum absolute atomic E-state index is 11.0. The number of carbonyl (C=O) groups excluding carboxylic acids is 1. The number of carbonyl (C=O) groups is 1. The van der Waals surface area contributed by atoms with Crippen LogP contribution in [0.3, 0.4) is 0 Å². The van der Waals surface area contributed by atoms with Crippen LogP contribution in [-0.2, 0) is 11.3 Å². The number of rotatable bonds is 5. The topological polar surface area (TPSA) is 62.5 Å².